The zero-order valence-corrected chi connectivity index (χ0v) is 9.85. The molecule has 0 aromatic carbocycles. The molecule has 3 N–H and O–H groups in total. The van der Waals surface area contributed by atoms with Crippen molar-refractivity contribution in [2.75, 3.05) is 19.6 Å². The third-order valence-corrected chi connectivity index (χ3v) is 2.82. The van der Waals surface area contributed by atoms with E-state index in [-0.39, 0.29) is 0 Å². The molecule has 0 aliphatic heterocycles. The van der Waals surface area contributed by atoms with Gasteiger partial charge in [0.05, 0.1) is 0 Å². The summed E-state index contributed by atoms with van der Waals surface area (Å²) in [4.78, 5) is 0. The molecule has 80 valence electrons. The predicted octanol–water partition coefficient (Wildman–Crippen LogP) is 1.85. The molecular weight excluding hydrogens is 160 g/mol. The minimum Gasteiger partial charge on any atom is -0.330 e. The Bertz CT molecular complexity index is 127. The Hall–Kier alpha value is -0.0800. The van der Waals surface area contributed by atoms with Crippen LogP contribution in [0.3, 0.4) is 0 Å². The Morgan fingerprint density at radius 3 is 2.08 bits per heavy atom. The van der Waals surface area contributed by atoms with E-state index in [9.17, 15) is 0 Å². The summed E-state index contributed by atoms with van der Waals surface area (Å²) in [6.45, 7) is 14.2. The van der Waals surface area contributed by atoms with E-state index in [2.05, 4.69) is 39.9 Å². The minimum atomic E-state index is 0.402. The Balaban J connectivity index is 3.54. The van der Waals surface area contributed by atoms with Gasteiger partial charge in [0.15, 0.2) is 0 Å². The maximum absolute atomic E-state index is 5.53. The molecule has 0 amide bonds. The van der Waals surface area contributed by atoms with Crippen molar-refractivity contribution in [1.29, 1.82) is 0 Å². The molecule has 0 bridgehead atoms. The lowest BCUT2D eigenvalue weighted by atomic mass is 9.82. The summed E-state index contributed by atoms with van der Waals surface area (Å²) in [7, 11) is 0. The van der Waals surface area contributed by atoms with Crippen LogP contribution in [-0.2, 0) is 0 Å². The maximum atomic E-state index is 5.53. The fourth-order valence-electron chi connectivity index (χ4n) is 0.936. The molecule has 0 heterocycles. The lowest BCUT2D eigenvalue weighted by Gasteiger charge is -2.27. The third kappa shape index (κ3) is 6.05. The maximum Gasteiger partial charge on any atom is -0.00110 e. The van der Waals surface area contributed by atoms with E-state index in [1.54, 1.807) is 0 Å². The van der Waals surface area contributed by atoms with Crippen molar-refractivity contribution >= 4 is 0 Å². The van der Waals surface area contributed by atoms with E-state index in [4.69, 9.17) is 5.73 Å². The molecule has 2 nitrogen and oxygen atoms in total. The highest BCUT2D eigenvalue weighted by Crippen LogP contribution is 2.24. The van der Waals surface area contributed by atoms with Gasteiger partial charge in [-0.05, 0) is 36.9 Å². The molecular formula is C11H26N2. The van der Waals surface area contributed by atoms with Gasteiger partial charge >= 0.3 is 0 Å². The van der Waals surface area contributed by atoms with Crippen LogP contribution in [0.25, 0.3) is 0 Å². The zero-order valence-electron chi connectivity index (χ0n) is 9.85. The third-order valence-electron chi connectivity index (χ3n) is 2.82. The van der Waals surface area contributed by atoms with Crippen molar-refractivity contribution in [3.8, 4) is 0 Å². The van der Waals surface area contributed by atoms with Crippen LogP contribution >= 0.6 is 0 Å². The van der Waals surface area contributed by atoms with E-state index in [1.165, 1.54) is 0 Å². The lowest BCUT2D eigenvalue weighted by molar-refractivity contribution is 0.250. The molecule has 13 heavy (non-hydrogen) atoms. The quantitative estimate of drug-likeness (QED) is 0.687. The molecule has 0 saturated heterocycles. The van der Waals surface area contributed by atoms with E-state index in [0.29, 0.717) is 17.3 Å². The van der Waals surface area contributed by atoms with Crippen molar-refractivity contribution < 1.29 is 0 Å². The van der Waals surface area contributed by atoms with Gasteiger partial charge in [0.25, 0.3) is 0 Å². The lowest BCUT2D eigenvalue weighted by Crippen LogP contribution is -2.33. The second kappa shape index (κ2) is 5.61. The fourth-order valence-corrected chi connectivity index (χ4v) is 0.936. The molecule has 0 aliphatic rings. The first-order valence-electron chi connectivity index (χ1n) is 5.28. The molecule has 2 unspecified atom stereocenters. The van der Waals surface area contributed by atoms with Gasteiger partial charge in [0, 0.05) is 0 Å². The van der Waals surface area contributed by atoms with E-state index >= 15 is 0 Å². The normalized spacial score (nSPS) is 17.1. The van der Waals surface area contributed by atoms with Crippen molar-refractivity contribution in [1.82, 2.24) is 5.32 Å². The van der Waals surface area contributed by atoms with Gasteiger partial charge in [-0.25, -0.2) is 0 Å². The molecule has 0 rings (SSSR count). The predicted molar refractivity (Wildman–Crippen MR) is 59.7 cm³/mol. The standard InChI is InChI=1S/C11H26N2/c1-9(6-12)7-13-8-10(2)11(3,4)5/h9-10,13H,6-8,12H2,1-5H3. The second-order valence-corrected chi connectivity index (χ2v) is 5.27. The summed E-state index contributed by atoms with van der Waals surface area (Å²) < 4.78 is 0. The Morgan fingerprint density at radius 2 is 1.69 bits per heavy atom. The summed E-state index contributed by atoms with van der Waals surface area (Å²) in [5.41, 5.74) is 5.94. The smallest absolute Gasteiger partial charge is 0.00110 e. The Kier molecular flexibility index (Phi) is 5.57. The Morgan fingerprint density at radius 1 is 1.15 bits per heavy atom. The summed E-state index contributed by atoms with van der Waals surface area (Å²) >= 11 is 0. The van der Waals surface area contributed by atoms with Gasteiger partial charge in [-0.2, -0.15) is 0 Å². The fraction of sp³-hybridized carbons (Fsp3) is 1.00. The molecule has 0 radical (unpaired) electrons. The SMILES string of the molecule is CC(CN)CNCC(C)C(C)(C)C. The first kappa shape index (κ1) is 12.9. The van der Waals surface area contributed by atoms with Crippen LogP contribution < -0.4 is 11.1 Å². The van der Waals surface area contributed by atoms with Gasteiger partial charge in [0.1, 0.15) is 0 Å². The van der Waals surface area contributed by atoms with Gasteiger partial charge in [0.2, 0.25) is 0 Å². The van der Waals surface area contributed by atoms with Crippen LogP contribution in [0.1, 0.15) is 34.6 Å². The van der Waals surface area contributed by atoms with Gasteiger partial charge in [-0.1, -0.05) is 34.6 Å². The first-order chi connectivity index (χ1) is 5.88. The second-order valence-electron chi connectivity index (χ2n) is 5.27. The van der Waals surface area contributed by atoms with E-state index in [0.717, 1.165) is 19.6 Å². The van der Waals surface area contributed by atoms with Gasteiger partial charge in [-0.15, -0.1) is 0 Å². The molecule has 0 aromatic heterocycles. The highest BCUT2D eigenvalue weighted by molar-refractivity contribution is 4.72. The van der Waals surface area contributed by atoms with Crippen LogP contribution in [0.5, 0.6) is 0 Å². The number of nitrogens with two attached hydrogens (primary N) is 1. The van der Waals surface area contributed by atoms with Crippen LogP contribution in [-0.4, -0.2) is 19.6 Å². The van der Waals surface area contributed by atoms with Crippen molar-refractivity contribution in [3.05, 3.63) is 0 Å². The molecule has 2 atom stereocenters. The number of hydrogen-bond donors (Lipinski definition) is 2. The summed E-state index contributed by atoms with van der Waals surface area (Å²) in [5.74, 6) is 1.30. The van der Waals surface area contributed by atoms with Gasteiger partial charge in [-0.3, -0.25) is 0 Å². The topological polar surface area (TPSA) is 38.0 Å². The first-order valence-corrected chi connectivity index (χ1v) is 5.28. The summed E-state index contributed by atoms with van der Waals surface area (Å²) in [5, 5.41) is 3.46. The highest BCUT2D eigenvalue weighted by Gasteiger charge is 2.19. The van der Waals surface area contributed by atoms with Gasteiger partial charge < -0.3 is 11.1 Å². The van der Waals surface area contributed by atoms with Crippen molar-refractivity contribution in [2.45, 2.75) is 34.6 Å². The van der Waals surface area contributed by atoms with Crippen molar-refractivity contribution in [3.63, 3.8) is 0 Å². The molecule has 0 aromatic rings. The highest BCUT2D eigenvalue weighted by atomic mass is 14.9. The van der Waals surface area contributed by atoms with Crippen LogP contribution in [0, 0.1) is 17.3 Å². The molecule has 0 spiro atoms. The number of hydrogen-bond acceptors (Lipinski definition) is 2. The minimum absolute atomic E-state index is 0.402. The molecule has 2 heteroatoms. The summed E-state index contributed by atoms with van der Waals surface area (Å²) in [6.07, 6.45) is 0. The van der Waals surface area contributed by atoms with E-state index < -0.39 is 0 Å². The molecule has 0 aliphatic carbocycles. The monoisotopic (exact) mass is 186 g/mol. The average Bonchev–Trinajstić information content (AvgIpc) is 2.02. The largest absolute Gasteiger partial charge is 0.330 e. The van der Waals surface area contributed by atoms with Crippen LogP contribution in [0.15, 0.2) is 0 Å². The van der Waals surface area contributed by atoms with Crippen LogP contribution in [0.2, 0.25) is 0 Å². The van der Waals surface area contributed by atoms with E-state index in [1.807, 2.05) is 0 Å². The number of nitrogens with one attached hydrogen (secondary N) is 1. The zero-order chi connectivity index (χ0) is 10.5. The Labute approximate surface area is 83.3 Å². The van der Waals surface area contributed by atoms with Crippen LogP contribution in [0.4, 0.5) is 0 Å². The molecule has 0 saturated carbocycles. The number of rotatable bonds is 5. The summed E-state index contributed by atoms with van der Waals surface area (Å²) in [6, 6.07) is 0. The van der Waals surface area contributed by atoms with Crippen molar-refractivity contribution in [2.24, 2.45) is 23.0 Å². The molecule has 0 fully saturated rings. The average molecular weight is 186 g/mol.